The molecule has 7 nitrogen and oxygen atoms in total. The third-order valence-corrected chi connectivity index (χ3v) is 3.26. The van der Waals surface area contributed by atoms with E-state index in [-0.39, 0.29) is 5.92 Å². The van der Waals surface area contributed by atoms with Crippen molar-refractivity contribution in [1.82, 2.24) is 15.0 Å². The van der Waals surface area contributed by atoms with Gasteiger partial charge >= 0.3 is 0 Å². The Hall–Kier alpha value is -2.10. The van der Waals surface area contributed by atoms with Gasteiger partial charge in [-0.15, -0.1) is 0 Å². The molecule has 0 aliphatic heterocycles. The van der Waals surface area contributed by atoms with Crippen LogP contribution in [0, 0.1) is 17.2 Å². The van der Waals surface area contributed by atoms with Gasteiger partial charge in [-0.2, -0.15) is 20.2 Å². The van der Waals surface area contributed by atoms with E-state index < -0.39 is 0 Å². The van der Waals surface area contributed by atoms with Gasteiger partial charge in [-0.1, -0.05) is 0 Å². The molecular formula is C14H25N7. The van der Waals surface area contributed by atoms with Gasteiger partial charge < -0.3 is 15.1 Å². The van der Waals surface area contributed by atoms with E-state index in [0.29, 0.717) is 24.4 Å². The summed E-state index contributed by atoms with van der Waals surface area (Å²) < 4.78 is 0. The van der Waals surface area contributed by atoms with Gasteiger partial charge in [0, 0.05) is 33.2 Å². The van der Waals surface area contributed by atoms with Gasteiger partial charge in [0.05, 0.1) is 12.0 Å². The zero-order chi connectivity index (χ0) is 15.8. The third kappa shape index (κ3) is 4.45. The first-order valence-electron chi connectivity index (χ1n) is 7.42. The molecule has 0 fully saturated rings. The van der Waals surface area contributed by atoms with Gasteiger partial charge in [0.1, 0.15) is 0 Å². The summed E-state index contributed by atoms with van der Waals surface area (Å²) in [5.41, 5.74) is 0. The van der Waals surface area contributed by atoms with Crippen LogP contribution < -0.4 is 15.1 Å². The highest BCUT2D eigenvalue weighted by Crippen LogP contribution is 2.17. The van der Waals surface area contributed by atoms with E-state index in [0.717, 1.165) is 19.6 Å². The monoisotopic (exact) mass is 291 g/mol. The average Bonchev–Trinajstić information content (AvgIpc) is 2.53. The lowest BCUT2D eigenvalue weighted by Gasteiger charge is -2.25. The standard InChI is InChI=1S/C14H25N7/c1-6-20(7-2)13-17-12(16-5)18-14(19-13)21(8-3)10-11(4)9-15/h11H,6-8,10H2,1-5H3,(H,16,17,18,19). The fraction of sp³-hybridized carbons (Fsp3) is 0.714. The Morgan fingerprint density at radius 3 is 2.00 bits per heavy atom. The molecule has 0 aliphatic carbocycles. The summed E-state index contributed by atoms with van der Waals surface area (Å²) in [5.74, 6) is 1.75. The van der Waals surface area contributed by atoms with Crippen molar-refractivity contribution in [3.63, 3.8) is 0 Å². The maximum Gasteiger partial charge on any atom is 0.231 e. The van der Waals surface area contributed by atoms with Crippen LogP contribution in [0.4, 0.5) is 17.8 Å². The second kappa shape index (κ2) is 8.25. The van der Waals surface area contributed by atoms with Crippen molar-refractivity contribution in [3.05, 3.63) is 0 Å². The summed E-state index contributed by atoms with van der Waals surface area (Å²) >= 11 is 0. The van der Waals surface area contributed by atoms with Gasteiger partial charge in [-0.05, 0) is 27.7 Å². The molecule has 1 aromatic heterocycles. The Morgan fingerprint density at radius 1 is 1.05 bits per heavy atom. The summed E-state index contributed by atoms with van der Waals surface area (Å²) in [5, 5.41) is 12.0. The van der Waals surface area contributed by atoms with Crippen LogP contribution in [0.25, 0.3) is 0 Å². The minimum absolute atomic E-state index is 0.0725. The van der Waals surface area contributed by atoms with Gasteiger partial charge in [0.2, 0.25) is 17.8 Å². The Labute approximate surface area is 127 Å². The molecule has 1 rings (SSSR count). The normalized spacial score (nSPS) is 11.6. The number of rotatable bonds is 8. The predicted molar refractivity (Wildman–Crippen MR) is 85.6 cm³/mol. The Morgan fingerprint density at radius 2 is 1.57 bits per heavy atom. The highest BCUT2D eigenvalue weighted by molar-refractivity contribution is 5.45. The van der Waals surface area contributed by atoms with Crippen molar-refractivity contribution in [3.8, 4) is 6.07 Å². The van der Waals surface area contributed by atoms with Crippen LogP contribution in [0.2, 0.25) is 0 Å². The molecule has 1 aromatic rings. The van der Waals surface area contributed by atoms with E-state index in [1.54, 1.807) is 7.05 Å². The van der Waals surface area contributed by atoms with E-state index in [1.807, 2.05) is 18.7 Å². The lowest BCUT2D eigenvalue weighted by Crippen LogP contribution is -2.31. The van der Waals surface area contributed by atoms with E-state index in [9.17, 15) is 0 Å². The van der Waals surface area contributed by atoms with Crippen LogP contribution in [0.1, 0.15) is 27.7 Å². The van der Waals surface area contributed by atoms with Crippen molar-refractivity contribution >= 4 is 17.8 Å². The molecule has 0 saturated carbocycles. The van der Waals surface area contributed by atoms with Gasteiger partial charge in [0.25, 0.3) is 0 Å². The average molecular weight is 291 g/mol. The van der Waals surface area contributed by atoms with Crippen molar-refractivity contribution in [2.24, 2.45) is 5.92 Å². The van der Waals surface area contributed by atoms with E-state index >= 15 is 0 Å². The number of anilines is 3. The molecule has 0 amide bonds. The number of nitriles is 1. The molecule has 1 atom stereocenters. The number of nitrogens with one attached hydrogen (secondary N) is 1. The Balaban J connectivity index is 3.15. The first-order valence-corrected chi connectivity index (χ1v) is 7.42. The molecule has 1 N–H and O–H groups in total. The Bertz CT molecular complexity index is 479. The summed E-state index contributed by atoms with van der Waals surface area (Å²) in [6.45, 7) is 11.1. The topological polar surface area (TPSA) is 81.0 Å². The van der Waals surface area contributed by atoms with Crippen molar-refractivity contribution in [2.75, 3.05) is 48.3 Å². The largest absolute Gasteiger partial charge is 0.357 e. The molecule has 1 heterocycles. The fourth-order valence-electron chi connectivity index (χ4n) is 1.98. The summed E-state index contributed by atoms with van der Waals surface area (Å²) in [6.07, 6.45) is 0. The molecule has 116 valence electrons. The molecule has 0 aromatic carbocycles. The summed E-state index contributed by atoms with van der Waals surface area (Å²) in [4.78, 5) is 17.5. The van der Waals surface area contributed by atoms with Crippen molar-refractivity contribution in [2.45, 2.75) is 27.7 Å². The quantitative estimate of drug-likeness (QED) is 0.781. The van der Waals surface area contributed by atoms with E-state index in [1.165, 1.54) is 0 Å². The van der Waals surface area contributed by atoms with Crippen LogP contribution in [0.5, 0.6) is 0 Å². The zero-order valence-electron chi connectivity index (χ0n) is 13.6. The van der Waals surface area contributed by atoms with Crippen molar-refractivity contribution < 1.29 is 0 Å². The van der Waals surface area contributed by atoms with Crippen LogP contribution in [0.3, 0.4) is 0 Å². The van der Waals surface area contributed by atoms with E-state index in [4.69, 9.17) is 5.26 Å². The highest BCUT2D eigenvalue weighted by atomic mass is 15.4. The van der Waals surface area contributed by atoms with Crippen LogP contribution in [-0.2, 0) is 0 Å². The first kappa shape index (κ1) is 17.0. The maximum atomic E-state index is 9.00. The Kier molecular flexibility index (Phi) is 6.66. The van der Waals surface area contributed by atoms with Crippen LogP contribution >= 0.6 is 0 Å². The van der Waals surface area contributed by atoms with Gasteiger partial charge in [-0.3, -0.25) is 0 Å². The molecule has 0 saturated heterocycles. The fourth-order valence-corrected chi connectivity index (χ4v) is 1.98. The molecule has 0 radical (unpaired) electrons. The SMILES string of the molecule is CCN(CC)c1nc(NC)nc(N(CC)CC(C)C#N)n1. The minimum Gasteiger partial charge on any atom is -0.357 e. The first-order chi connectivity index (χ1) is 10.1. The predicted octanol–water partition coefficient (Wildman–Crippen LogP) is 1.75. The lowest BCUT2D eigenvalue weighted by molar-refractivity contribution is 0.667. The minimum atomic E-state index is -0.0725. The third-order valence-electron chi connectivity index (χ3n) is 3.26. The summed E-state index contributed by atoms with van der Waals surface area (Å²) in [6, 6.07) is 2.25. The van der Waals surface area contributed by atoms with Gasteiger partial charge in [-0.25, -0.2) is 0 Å². The molecule has 7 heteroatoms. The zero-order valence-corrected chi connectivity index (χ0v) is 13.6. The van der Waals surface area contributed by atoms with Gasteiger partial charge in [0.15, 0.2) is 0 Å². The molecule has 1 unspecified atom stereocenters. The molecule has 0 spiro atoms. The molecular weight excluding hydrogens is 266 g/mol. The van der Waals surface area contributed by atoms with Crippen LogP contribution in [-0.4, -0.2) is 48.2 Å². The van der Waals surface area contributed by atoms with Crippen LogP contribution in [0.15, 0.2) is 0 Å². The number of nitrogens with zero attached hydrogens (tertiary/aromatic N) is 6. The molecule has 0 bridgehead atoms. The molecule has 0 aliphatic rings. The number of hydrogen-bond acceptors (Lipinski definition) is 7. The van der Waals surface area contributed by atoms with Crippen molar-refractivity contribution in [1.29, 1.82) is 5.26 Å². The second-order valence-electron chi connectivity index (χ2n) is 4.75. The summed E-state index contributed by atoms with van der Waals surface area (Å²) in [7, 11) is 1.79. The highest BCUT2D eigenvalue weighted by Gasteiger charge is 2.16. The smallest absolute Gasteiger partial charge is 0.231 e. The maximum absolute atomic E-state index is 9.00. The lowest BCUT2D eigenvalue weighted by atomic mass is 10.2. The molecule has 21 heavy (non-hydrogen) atoms. The number of hydrogen-bond donors (Lipinski definition) is 1. The second-order valence-corrected chi connectivity index (χ2v) is 4.75. The number of aromatic nitrogens is 3. The van der Waals surface area contributed by atoms with E-state index in [2.05, 4.69) is 45.1 Å².